The summed E-state index contributed by atoms with van der Waals surface area (Å²) in [6, 6.07) is 8.34. The van der Waals surface area contributed by atoms with Gasteiger partial charge in [-0.3, -0.25) is 9.48 Å². The number of amides is 1. The van der Waals surface area contributed by atoms with Crippen molar-refractivity contribution < 1.29 is 9.18 Å². The smallest absolute Gasteiger partial charge is 0.256 e. The number of hydrogen-bond donors (Lipinski definition) is 1. The molecule has 8 heteroatoms. The maximum Gasteiger partial charge on any atom is 0.256 e. The number of benzene rings is 1. The van der Waals surface area contributed by atoms with Gasteiger partial charge in [0.25, 0.3) is 5.91 Å². The molecule has 0 spiro atoms. The van der Waals surface area contributed by atoms with Crippen LogP contribution < -0.4 is 5.32 Å². The Bertz CT molecular complexity index is 1240. The summed E-state index contributed by atoms with van der Waals surface area (Å²) < 4.78 is 17.4. The van der Waals surface area contributed by atoms with Crippen LogP contribution in [0, 0.1) is 19.7 Å². The highest BCUT2D eigenvalue weighted by atomic mass is 19.1. The number of nitrogens with zero attached hydrogens (tertiary/aromatic N) is 5. The van der Waals surface area contributed by atoms with Crippen LogP contribution >= 0.6 is 0 Å². The van der Waals surface area contributed by atoms with E-state index >= 15 is 0 Å². The van der Waals surface area contributed by atoms with E-state index in [1.807, 2.05) is 18.5 Å². The van der Waals surface area contributed by atoms with Gasteiger partial charge in [0.2, 0.25) is 0 Å². The molecule has 1 amide bonds. The van der Waals surface area contributed by atoms with Gasteiger partial charge in [-0.05, 0) is 32.4 Å². The molecule has 0 saturated heterocycles. The molecule has 3 aromatic heterocycles. The van der Waals surface area contributed by atoms with E-state index in [4.69, 9.17) is 0 Å². The van der Waals surface area contributed by atoms with Crippen molar-refractivity contribution in [3.8, 4) is 0 Å². The number of aromatic nitrogens is 5. The zero-order chi connectivity index (χ0) is 22.0. The molecule has 0 saturated carbocycles. The van der Waals surface area contributed by atoms with Gasteiger partial charge < -0.3 is 5.32 Å². The van der Waals surface area contributed by atoms with Gasteiger partial charge in [0, 0.05) is 24.0 Å². The molecule has 160 valence electrons. The molecule has 0 unspecified atom stereocenters. The Kier molecular flexibility index (Phi) is 5.79. The Hall–Kier alpha value is -3.55. The number of fused-ring (bicyclic) bond motifs is 1. The molecule has 0 aliphatic carbocycles. The predicted octanol–water partition coefficient (Wildman–Crippen LogP) is 4.48. The highest BCUT2D eigenvalue weighted by Crippen LogP contribution is 2.24. The van der Waals surface area contributed by atoms with Crippen molar-refractivity contribution >= 4 is 22.6 Å². The number of nitrogens with one attached hydrogen (secondary N) is 1. The number of carbonyl (C=O) groups excluding carboxylic acids is 1. The van der Waals surface area contributed by atoms with Crippen LogP contribution in [0.4, 0.5) is 10.1 Å². The highest BCUT2D eigenvalue weighted by molar-refractivity contribution is 6.12. The predicted molar refractivity (Wildman–Crippen MR) is 118 cm³/mol. The topological polar surface area (TPSA) is 77.6 Å². The standard InChI is InChI=1S/C23H25FN6O/c1-4-5-10-30-22-21(16(3)28-30)19(11-15(2)26-22)23(31)27-18-12-25-29(14-18)13-17-8-6-7-9-20(17)24/h6-9,11-12,14H,4-5,10,13H2,1-3H3,(H,27,31). The van der Waals surface area contributed by atoms with Crippen LogP contribution in [0.25, 0.3) is 11.0 Å². The molecule has 0 radical (unpaired) electrons. The average molecular weight is 420 g/mol. The molecule has 4 aromatic rings. The second kappa shape index (κ2) is 8.67. The number of unbranched alkanes of at least 4 members (excludes halogenated alkanes) is 1. The molecule has 0 aliphatic heterocycles. The maximum atomic E-state index is 13.9. The number of halogens is 1. The SMILES string of the molecule is CCCCn1nc(C)c2c(C(=O)Nc3cnn(Cc4ccccc4F)c3)cc(C)nc21. The number of rotatable bonds is 7. The minimum absolute atomic E-state index is 0.251. The van der Waals surface area contributed by atoms with Gasteiger partial charge in [0.05, 0.1) is 35.1 Å². The fourth-order valence-electron chi connectivity index (χ4n) is 3.64. The highest BCUT2D eigenvalue weighted by Gasteiger charge is 2.19. The molecule has 0 bridgehead atoms. The third-order valence-corrected chi connectivity index (χ3v) is 5.15. The lowest BCUT2D eigenvalue weighted by molar-refractivity contribution is 0.102. The van der Waals surface area contributed by atoms with Crippen LogP contribution in [0.2, 0.25) is 0 Å². The molecule has 0 atom stereocenters. The van der Waals surface area contributed by atoms with Gasteiger partial charge in [0.15, 0.2) is 5.65 Å². The van der Waals surface area contributed by atoms with Gasteiger partial charge in [-0.2, -0.15) is 10.2 Å². The zero-order valence-electron chi connectivity index (χ0n) is 17.9. The van der Waals surface area contributed by atoms with Gasteiger partial charge in [-0.15, -0.1) is 0 Å². The van der Waals surface area contributed by atoms with Gasteiger partial charge in [0.1, 0.15) is 5.82 Å². The fourth-order valence-corrected chi connectivity index (χ4v) is 3.64. The van der Waals surface area contributed by atoms with E-state index in [2.05, 4.69) is 27.4 Å². The summed E-state index contributed by atoms with van der Waals surface area (Å²) in [6.07, 6.45) is 5.29. The first-order valence-corrected chi connectivity index (χ1v) is 10.4. The summed E-state index contributed by atoms with van der Waals surface area (Å²) in [4.78, 5) is 17.7. The van der Waals surface area contributed by atoms with E-state index in [9.17, 15) is 9.18 Å². The average Bonchev–Trinajstić information content (AvgIpc) is 3.31. The van der Waals surface area contributed by atoms with Crippen LogP contribution in [0.15, 0.2) is 42.7 Å². The van der Waals surface area contributed by atoms with E-state index in [0.29, 0.717) is 16.8 Å². The largest absolute Gasteiger partial charge is 0.319 e. The quantitative estimate of drug-likeness (QED) is 0.478. The van der Waals surface area contributed by atoms with Crippen molar-refractivity contribution in [1.29, 1.82) is 0 Å². The van der Waals surface area contributed by atoms with Crippen LogP contribution in [-0.2, 0) is 13.1 Å². The molecule has 7 nitrogen and oxygen atoms in total. The zero-order valence-corrected chi connectivity index (χ0v) is 17.9. The van der Waals surface area contributed by atoms with E-state index in [-0.39, 0.29) is 18.3 Å². The normalized spacial score (nSPS) is 11.2. The summed E-state index contributed by atoms with van der Waals surface area (Å²) in [5.74, 6) is -0.534. The maximum absolute atomic E-state index is 13.9. The fraction of sp³-hybridized carbons (Fsp3) is 0.304. The molecule has 3 heterocycles. The van der Waals surface area contributed by atoms with E-state index in [0.717, 1.165) is 41.8 Å². The number of hydrogen-bond acceptors (Lipinski definition) is 4. The van der Waals surface area contributed by atoms with Crippen molar-refractivity contribution in [2.45, 2.75) is 46.7 Å². The first-order valence-electron chi connectivity index (χ1n) is 10.4. The molecule has 31 heavy (non-hydrogen) atoms. The van der Waals surface area contributed by atoms with Crippen LogP contribution in [-0.4, -0.2) is 30.5 Å². The third-order valence-electron chi connectivity index (χ3n) is 5.15. The lowest BCUT2D eigenvalue weighted by Gasteiger charge is -2.07. The number of aryl methyl sites for hydroxylation is 3. The molecular weight excluding hydrogens is 395 g/mol. The van der Waals surface area contributed by atoms with Crippen LogP contribution in [0.5, 0.6) is 0 Å². The minimum atomic E-state index is -0.284. The first kappa shape index (κ1) is 20.7. The summed E-state index contributed by atoms with van der Waals surface area (Å²) in [6.45, 7) is 6.94. The number of anilines is 1. The van der Waals surface area contributed by atoms with Crippen molar-refractivity contribution in [1.82, 2.24) is 24.5 Å². The lowest BCUT2D eigenvalue weighted by Crippen LogP contribution is -2.13. The summed E-state index contributed by atoms with van der Waals surface area (Å²) in [5.41, 5.74) is 3.87. The second-order valence-electron chi connectivity index (χ2n) is 7.64. The molecule has 1 N–H and O–H groups in total. The minimum Gasteiger partial charge on any atom is -0.319 e. The Labute approximate surface area is 179 Å². The summed E-state index contributed by atoms with van der Waals surface area (Å²) in [5, 5.41) is 12.5. The van der Waals surface area contributed by atoms with Crippen LogP contribution in [0.3, 0.4) is 0 Å². The van der Waals surface area contributed by atoms with Crippen LogP contribution in [0.1, 0.15) is 47.1 Å². The number of pyridine rings is 1. The van der Waals surface area contributed by atoms with E-state index in [1.165, 1.54) is 6.07 Å². The molecule has 0 fully saturated rings. The van der Waals surface area contributed by atoms with E-state index < -0.39 is 0 Å². The Morgan fingerprint density at radius 1 is 1.23 bits per heavy atom. The van der Waals surface area contributed by atoms with Crippen molar-refractivity contribution in [2.24, 2.45) is 0 Å². The Morgan fingerprint density at radius 3 is 2.81 bits per heavy atom. The molecule has 0 aliphatic rings. The van der Waals surface area contributed by atoms with Crippen molar-refractivity contribution in [3.63, 3.8) is 0 Å². The molecule has 4 rings (SSSR count). The number of carbonyl (C=O) groups is 1. The van der Waals surface area contributed by atoms with Gasteiger partial charge in [-0.1, -0.05) is 31.5 Å². The Balaban J connectivity index is 1.58. The van der Waals surface area contributed by atoms with Crippen molar-refractivity contribution in [3.05, 3.63) is 71.1 Å². The lowest BCUT2D eigenvalue weighted by atomic mass is 10.1. The van der Waals surface area contributed by atoms with Gasteiger partial charge >= 0.3 is 0 Å². The Morgan fingerprint density at radius 2 is 2.03 bits per heavy atom. The molecule has 1 aromatic carbocycles. The first-order chi connectivity index (χ1) is 15.0. The van der Waals surface area contributed by atoms with Crippen molar-refractivity contribution in [2.75, 3.05) is 5.32 Å². The third kappa shape index (κ3) is 4.33. The summed E-state index contributed by atoms with van der Waals surface area (Å²) >= 11 is 0. The van der Waals surface area contributed by atoms with Gasteiger partial charge in [-0.25, -0.2) is 14.1 Å². The second-order valence-corrected chi connectivity index (χ2v) is 7.64. The monoisotopic (exact) mass is 420 g/mol. The molecular formula is C23H25FN6O. The summed E-state index contributed by atoms with van der Waals surface area (Å²) in [7, 11) is 0. The van der Waals surface area contributed by atoms with E-state index in [1.54, 1.807) is 41.3 Å².